The van der Waals surface area contributed by atoms with Crippen molar-refractivity contribution in [1.29, 1.82) is 0 Å². The van der Waals surface area contributed by atoms with Crippen LogP contribution in [0, 0.1) is 0 Å². The fraction of sp³-hybridized carbons (Fsp3) is 0. The minimum absolute atomic E-state index is 1.10. The standard InChI is InChI=1S/C32H19Br/c33-23-17-18-24-27(19-23)30(22-11-5-2-6-12-22)32-26-16-8-14-20-13-7-15-25(28(20)26)31(32)29(24)21-9-3-1-4-10-21/h1-19H. The number of fused-ring (bicyclic) bond motifs is 4. The van der Waals surface area contributed by atoms with Crippen molar-refractivity contribution in [3.8, 4) is 44.5 Å². The number of benzene rings is 6. The number of hydrogen-bond acceptors (Lipinski definition) is 0. The summed E-state index contributed by atoms with van der Waals surface area (Å²) in [6, 6.07) is 41.9. The highest BCUT2D eigenvalue weighted by molar-refractivity contribution is 9.10. The highest BCUT2D eigenvalue weighted by Gasteiger charge is 2.30. The highest BCUT2D eigenvalue weighted by atomic mass is 79.9. The lowest BCUT2D eigenvalue weighted by atomic mass is 9.82. The van der Waals surface area contributed by atoms with Crippen LogP contribution in [-0.2, 0) is 0 Å². The van der Waals surface area contributed by atoms with Crippen molar-refractivity contribution in [2.24, 2.45) is 0 Å². The van der Waals surface area contributed by atoms with Crippen LogP contribution in [0.15, 0.2) is 120 Å². The second-order valence-electron chi connectivity index (χ2n) is 8.63. The van der Waals surface area contributed by atoms with Crippen LogP contribution in [0.3, 0.4) is 0 Å². The second-order valence-corrected chi connectivity index (χ2v) is 9.55. The van der Waals surface area contributed by atoms with Gasteiger partial charge in [0.2, 0.25) is 0 Å². The van der Waals surface area contributed by atoms with Crippen molar-refractivity contribution in [2.45, 2.75) is 0 Å². The van der Waals surface area contributed by atoms with Gasteiger partial charge in [0, 0.05) is 4.47 Å². The second kappa shape index (κ2) is 7.16. The van der Waals surface area contributed by atoms with E-state index in [1.807, 2.05) is 0 Å². The third-order valence-electron chi connectivity index (χ3n) is 6.84. The van der Waals surface area contributed by atoms with Crippen molar-refractivity contribution in [1.82, 2.24) is 0 Å². The summed E-state index contributed by atoms with van der Waals surface area (Å²) in [5.74, 6) is 0. The average Bonchev–Trinajstić information content (AvgIpc) is 3.19. The topological polar surface area (TPSA) is 0 Å². The van der Waals surface area contributed by atoms with Gasteiger partial charge in [-0.1, -0.05) is 119 Å². The predicted octanol–water partition coefficient (Wildman–Crippen LogP) is 9.74. The minimum Gasteiger partial charge on any atom is -0.0622 e. The van der Waals surface area contributed by atoms with Crippen LogP contribution in [0.25, 0.3) is 66.1 Å². The molecular formula is C32H19Br. The van der Waals surface area contributed by atoms with Crippen LogP contribution in [0.1, 0.15) is 0 Å². The monoisotopic (exact) mass is 482 g/mol. The zero-order valence-electron chi connectivity index (χ0n) is 17.8. The molecule has 1 aliphatic rings. The van der Waals surface area contributed by atoms with Gasteiger partial charge in [0.15, 0.2) is 0 Å². The van der Waals surface area contributed by atoms with Crippen molar-refractivity contribution in [3.05, 3.63) is 120 Å². The van der Waals surface area contributed by atoms with Gasteiger partial charge in [-0.25, -0.2) is 0 Å². The fourth-order valence-corrected chi connectivity index (χ4v) is 5.93. The van der Waals surface area contributed by atoms with Crippen LogP contribution < -0.4 is 0 Å². The molecule has 6 aromatic rings. The summed E-state index contributed by atoms with van der Waals surface area (Å²) in [5, 5.41) is 5.22. The third-order valence-corrected chi connectivity index (χ3v) is 7.33. The summed E-state index contributed by atoms with van der Waals surface area (Å²) in [6.45, 7) is 0. The van der Waals surface area contributed by atoms with Crippen LogP contribution in [0.5, 0.6) is 0 Å². The molecule has 0 radical (unpaired) electrons. The lowest BCUT2D eigenvalue weighted by Crippen LogP contribution is -1.93. The highest BCUT2D eigenvalue weighted by Crippen LogP contribution is 2.57. The predicted molar refractivity (Wildman–Crippen MR) is 144 cm³/mol. The lowest BCUT2D eigenvalue weighted by Gasteiger charge is -2.20. The van der Waals surface area contributed by atoms with Crippen LogP contribution in [0.4, 0.5) is 0 Å². The molecule has 33 heavy (non-hydrogen) atoms. The van der Waals surface area contributed by atoms with E-state index in [9.17, 15) is 0 Å². The summed E-state index contributed by atoms with van der Waals surface area (Å²) < 4.78 is 1.10. The first kappa shape index (κ1) is 18.8. The molecule has 7 rings (SSSR count). The molecule has 0 atom stereocenters. The van der Waals surface area contributed by atoms with E-state index in [0.717, 1.165) is 4.47 Å². The van der Waals surface area contributed by atoms with E-state index in [4.69, 9.17) is 0 Å². The molecule has 0 bridgehead atoms. The number of halogens is 1. The van der Waals surface area contributed by atoms with Crippen LogP contribution >= 0.6 is 15.9 Å². The summed E-state index contributed by atoms with van der Waals surface area (Å²) in [4.78, 5) is 0. The maximum absolute atomic E-state index is 3.76. The van der Waals surface area contributed by atoms with Crippen LogP contribution in [-0.4, -0.2) is 0 Å². The molecule has 1 aliphatic carbocycles. The zero-order valence-corrected chi connectivity index (χ0v) is 19.4. The molecule has 0 spiro atoms. The maximum Gasteiger partial charge on any atom is 0.0181 e. The SMILES string of the molecule is Brc1ccc2c(-c3ccccc3)c3c(c(-c4ccccc4)c2c1)-c1cccc2cccc-3c12. The summed E-state index contributed by atoms with van der Waals surface area (Å²) >= 11 is 3.76. The van der Waals surface area contributed by atoms with Crippen molar-refractivity contribution >= 4 is 37.5 Å². The molecule has 0 saturated carbocycles. The van der Waals surface area contributed by atoms with E-state index in [1.165, 1.54) is 66.1 Å². The molecule has 6 aromatic carbocycles. The minimum atomic E-state index is 1.10. The van der Waals surface area contributed by atoms with Crippen molar-refractivity contribution in [2.75, 3.05) is 0 Å². The maximum atomic E-state index is 3.76. The van der Waals surface area contributed by atoms with Gasteiger partial charge < -0.3 is 0 Å². The van der Waals surface area contributed by atoms with Gasteiger partial charge in [-0.2, -0.15) is 0 Å². The Labute approximate surface area is 201 Å². The van der Waals surface area contributed by atoms with Crippen molar-refractivity contribution in [3.63, 3.8) is 0 Å². The average molecular weight is 483 g/mol. The largest absolute Gasteiger partial charge is 0.0622 e. The Morgan fingerprint density at radius 3 is 1.55 bits per heavy atom. The Bertz CT molecular complexity index is 1690. The Morgan fingerprint density at radius 2 is 0.970 bits per heavy atom. The Balaban J connectivity index is 1.78. The lowest BCUT2D eigenvalue weighted by molar-refractivity contribution is 1.61. The zero-order chi connectivity index (χ0) is 21.9. The third kappa shape index (κ3) is 2.70. The first-order valence-corrected chi connectivity index (χ1v) is 12.0. The molecule has 0 unspecified atom stereocenters. The van der Waals surface area contributed by atoms with Gasteiger partial charge in [-0.05, 0) is 78.2 Å². The van der Waals surface area contributed by atoms with Gasteiger partial charge in [0.25, 0.3) is 0 Å². The van der Waals surface area contributed by atoms with E-state index in [2.05, 4.69) is 131 Å². The smallest absolute Gasteiger partial charge is 0.0181 e. The first-order chi connectivity index (χ1) is 16.3. The molecule has 1 heteroatoms. The molecule has 0 saturated heterocycles. The molecule has 0 nitrogen and oxygen atoms in total. The number of rotatable bonds is 2. The van der Waals surface area contributed by atoms with Gasteiger partial charge in [0.1, 0.15) is 0 Å². The molecule has 0 N–H and O–H groups in total. The molecule has 0 fully saturated rings. The fourth-order valence-electron chi connectivity index (χ4n) is 5.57. The van der Waals surface area contributed by atoms with Gasteiger partial charge in [-0.15, -0.1) is 0 Å². The molecule has 154 valence electrons. The molecule has 0 amide bonds. The summed E-state index contributed by atoms with van der Waals surface area (Å²) in [6.07, 6.45) is 0. The van der Waals surface area contributed by atoms with Gasteiger partial charge in [-0.3, -0.25) is 0 Å². The van der Waals surface area contributed by atoms with E-state index < -0.39 is 0 Å². The van der Waals surface area contributed by atoms with Gasteiger partial charge >= 0.3 is 0 Å². The molecule has 0 heterocycles. The van der Waals surface area contributed by atoms with Gasteiger partial charge in [0.05, 0.1) is 0 Å². The molecular weight excluding hydrogens is 464 g/mol. The Hall–Kier alpha value is -3.68. The summed E-state index contributed by atoms with van der Waals surface area (Å²) in [5.41, 5.74) is 10.5. The van der Waals surface area contributed by atoms with Crippen LogP contribution in [0.2, 0.25) is 0 Å². The summed E-state index contributed by atoms with van der Waals surface area (Å²) in [7, 11) is 0. The molecule has 0 aliphatic heterocycles. The quantitative estimate of drug-likeness (QED) is 0.230. The Kier molecular flexibility index (Phi) is 4.09. The van der Waals surface area contributed by atoms with E-state index in [0.29, 0.717) is 0 Å². The van der Waals surface area contributed by atoms with Crippen molar-refractivity contribution < 1.29 is 0 Å². The van der Waals surface area contributed by atoms with E-state index >= 15 is 0 Å². The van der Waals surface area contributed by atoms with E-state index in [1.54, 1.807) is 0 Å². The normalized spacial score (nSPS) is 11.8. The number of hydrogen-bond donors (Lipinski definition) is 0. The first-order valence-electron chi connectivity index (χ1n) is 11.2. The molecule has 0 aromatic heterocycles. The van der Waals surface area contributed by atoms with E-state index in [-0.39, 0.29) is 0 Å². The Morgan fingerprint density at radius 1 is 0.424 bits per heavy atom.